The van der Waals surface area contributed by atoms with Gasteiger partial charge in [0, 0.05) is 9.58 Å². The minimum atomic E-state index is 0.349. The highest BCUT2D eigenvalue weighted by molar-refractivity contribution is 7.19. The molecule has 0 saturated carbocycles. The van der Waals surface area contributed by atoms with E-state index >= 15 is 0 Å². The first-order valence-corrected chi connectivity index (χ1v) is 6.89. The Labute approximate surface area is 107 Å². The molecule has 1 heterocycles. The Kier molecular flexibility index (Phi) is 3.97. The van der Waals surface area contributed by atoms with Gasteiger partial charge < -0.3 is 5.32 Å². The fourth-order valence-electron chi connectivity index (χ4n) is 1.95. The summed E-state index contributed by atoms with van der Waals surface area (Å²) < 4.78 is 1.37. The van der Waals surface area contributed by atoms with E-state index in [0.717, 1.165) is 6.54 Å². The number of benzene rings is 1. The Bertz CT molecular complexity index is 487. The van der Waals surface area contributed by atoms with Gasteiger partial charge in [-0.25, -0.2) is 0 Å². The first-order valence-electron chi connectivity index (χ1n) is 6.07. The molecule has 0 saturated heterocycles. The zero-order chi connectivity index (χ0) is 12.3. The molecule has 0 bridgehead atoms. The van der Waals surface area contributed by atoms with Gasteiger partial charge in [-0.3, -0.25) is 0 Å². The summed E-state index contributed by atoms with van der Waals surface area (Å²) in [5.74, 6) is 0. The number of rotatable bonds is 4. The molecule has 1 aromatic heterocycles. The molecule has 17 heavy (non-hydrogen) atoms. The van der Waals surface area contributed by atoms with E-state index in [1.54, 1.807) is 0 Å². The van der Waals surface area contributed by atoms with Crippen molar-refractivity contribution in [3.05, 3.63) is 46.9 Å². The smallest absolute Gasteiger partial charge is 0.0603 e. The van der Waals surface area contributed by atoms with Crippen LogP contribution in [0.1, 0.15) is 31.7 Å². The van der Waals surface area contributed by atoms with Crippen LogP contribution in [0.4, 0.5) is 0 Å². The molecule has 0 spiro atoms. The van der Waals surface area contributed by atoms with Crippen molar-refractivity contribution in [2.45, 2.75) is 26.8 Å². The van der Waals surface area contributed by atoms with E-state index in [-0.39, 0.29) is 0 Å². The van der Waals surface area contributed by atoms with E-state index in [9.17, 15) is 0 Å². The maximum atomic E-state index is 3.53. The number of fused-ring (bicyclic) bond motifs is 1. The van der Waals surface area contributed by atoms with Gasteiger partial charge in [0.2, 0.25) is 0 Å². The van der Waals surface area contributed by atoms with Gasteiger partial charge in [0.15, 0.2) is 0 Å². The standard InChI is InChI=1S/C15H19NS/c1-4-16-13(9-11(2)3)15-10-12-7-5-6-8-14(12)17-15/h5-10,13,16H,4H2,1-3H3. The van der Waals surface area contributed by atoms with Gasteiger partial charge in [-0.15, -0.1) is 11.3 Å². The molecule has 1 nitrogen and oxygen atoms in total. The molecule has 0 aliphatic carbocycles. The highest BCUT2D eigenvalue weighted by Gasteiger charge is 2.10. The zero-order valence-electron chi connectivity index (χ0n) is 10.7. The number of hydrogen-bond donors (Lipinski definition) is 1. The lowest BCUT2D eigenvalue weighted by Crippen LogP contribution is -2.18. The zero-order valence-corrected chi connectivity index (χ0v) is 11.5. The van der Waals surface area contributed by atoms with Crippen LogP contribution in [0.5, 0.6) is 0 Å². The lowest BCUT2D eigenvalue weighted by atomic mass is 10.1. The van der Waals surface area contributed by atoms with Gasteiger partial charge in [-0.1, -0.05) is 36.8 Å². The van der Waals surface area contributed by atoms with Crippen molar-refractivity contribution in [1.82, 2.24) is 5.32 Å². The largest absolute Gasteiger partial charge is 0.306 e. The third-order valence-corrected chi connectivity index (χ3v) is 3.87. The molecule has 1 aromatic carbocycles. The van der Waals surface area contributed by atoms with E-state index in [4.69, 9.17) is 0 Å². The predicted octanol–water partition coefficient (Wildman–Crippen LogP) is 4.52. The molecule has 0 aliphatic rings. The second-order valence-corrected chi connectivity index (χ2v) is 5.58. The van der Waals surface area contributed by atoms with Crippen LogP contribution < -0.4 is 5.32 Å². The molecule has 0 amide bonds. The second kappa shape index (κ2) is 5.48. The molecular weight excluding hydrogens is 226 g/mol. The van der Waals surface area contributed by atoms with Crippen molar-refractivity contribution in [2.75, 3.05) is 6.54 Å². The van der Waals surface area contributed by atoms with Crippen molar-refractivity contribution in [1.29, 1.82) is 0 Å². The van der Waals surface area contributed by atoms with Gasteiger partial charge in [0.05, 0.1) is 6.04 Å². The SMILES string of the molecule is CCNC(C=C(C)C)c1cc2ccccc2s1. The van der Waals surface area contributed by atoms with Crippen LogP contribution in [-0.4, -0.2) is 6.54 Å². The summed E-state index contributed by atoms with van der Waals surface area (Å²) in [4.78, 5) is 1.40. The maximum Gasteiger partial charge on any atom is 0.0603 e. The first kappa shape index (κ1) is 12.3. The average Bonchev–Trinajstić information content (AvgIpc) is 2.71. The number of nitrogens with one attached hydrogen (secondary N) is 1. The maximum absolute atomic E-state index is 3.53. The normalized spacial score (nSPS) is 12.6. The highest BCUT2D eigenvalue weighted by atomic mass is 32.1. The Balaban J connectivity index is 2.38. The van der Waals surface area contributed by atoms with Crippen LogP contribution in [0, 0.1) is 0 Å². The monoisotopic (exact) mass is 245 g/mol. The number of hydrogen-bond acceptors (Lipinski definition) is 2. The molecule has 0 radical (unpaired) electrons. The van der Waals surface area contributed by atoms with Gasteiger partial charge in [-0.05, 0) is 37.9 Å². The van der Waals surface area contributed by atoms with Crippen LogP contribution in [-0.2, 0) is 0 Å². The Morgan fingerprint density at radius 1 is 1.35 bits per heavy atom. The average molecular weight is 245 g/mol. The fraction of sp³-hybridized carbons (Fsp3) is 0.333. The van der Waals surface area contributed by atoms with Crippen molar-refractivity contribution in [3.8, 4) is 0 Å². The molecule has 1 N–H and O–H groups in total. The lowest BCUT2D eigenvalue weighted by Gasteiger charge is -2.12. The summed E-state index contributed by atoms with van der Waals surface area (Å²) >= 11 is 1.88. The third-order valence-electron chi connectivity index (χ3n) is 2.68. The summed E-state index contributed by atoms with van der Waals surface area (Å²) in [6.07, 6.45) is 2.30. The summed E-state index contributed by atoms with van der Waals surface area (Å²) in [5.41, 5.74) is 1.36. The number of allylic oxidation sites excluding steroid dienone is 1. The molecular formula is C15H19NS. The van der Waals surface area contributed by atoms with E-state index in [1.165, 1.54) is 20.5 Å². The minimum absolute atomic E-state index is 0.349. The summed E-state index contributed by atoms with van der Waals surface area (Å²) in [6.45, 7) is 7.44. The molecule has 2 aromatic rings. The van der Waals surface area contributed by atoms with E-state index < -0.39 is 0 Å². The van der Waals surface area contributed by atoms with Crippen LogP contribution >= 0.6 is 11.3 Å². The number of likely N-dealkylation sites (N-methyl/N-ethyl adjacent to an activating group) is 1. The molecule has 2 heteroatoms. The number of thiophene rings is 1. The van der Waals surface area contributed by atoms with Crippen molar-refractivity contribution >= 4 is 21.4 Å². The Morgan fingerprint density at radius 3 is 2.76 bits per heavy atom. The summed E-state index contributed by atoms with van der Waals surface area (Å²) in [7, 11) is 0. The van der Waals surface area contributed by atoms with E-state index in [2.05, 4.69) is 62.5 Å². The van der Waals surface area contributed by atoms with Crippen molar-refractivity contribution in [3.63, 3.8) is 0 Å². The first-order chi connectivity index (χ1) is 8.20. The highest BCUT2D eigenvalue weighted by Crippen LogP contribution is 2.30. The summed E-state index contributed by atoms with van der Waals surface area (Å²) in [5, 5.41) is 4.87. The van der Waals surface area contributed by atoms with E-state index in [1.807, 2.05) is 11.3 Å². The molecule has 1 atom stereocenters. The second-order valence-electron chi connectivity index (χ2n) is 4.47. The van der Waals surface area contributed by atoms with Gasteiger partial charge in [-0.2, -0.15) is 0 Å². The molecule has 2 rings (SSSR count). The van der Waals surface area contributed by atoms with Gasteiger partial charge in [0.1, 0.15) is 0 Å². The van der Waals surface area contributed by atoms with Crippen LogP contribution in [0.25, 0.3) is 10.1 Å². The van der Waals surface area contributed by atoms with Gasteiger partial charge >= 0.3 is 0 Å². The van der Waals surface area contributed by atoms with Crippen molar-refractivity contribution < 1.29 is 0 Å². The topological polar surface area (TPSA) is 12.0 Å². The molecule has 90 valence electrons. The Morgan fingerprint density at radius 2 is 2.12 bits per heavy atom. The van der Waals surface area contributed by atoms with Gasteiger partial charge in [0.25, 0.3) is 0 Å². The lowest BCUT2D eigenvalue weighted by molar-refractivity contribution is 0.654. The molecule has 0 aliphatic heterocycles. The quantitative estimate of drug-likeness (QED) is 0.781. The predicted molar refractivity (Wildman–Crippen MR) is 77.7 cm³/mol. The molecule has 1 unspecified atom stereocenters. The van der Waals surface area contributed by atoms with Crippen LogP contribution in [0.15, 0.2) is 42.0 Å². The van der Waals surface area contributed by atoms with Crippen LogP contribution in [0.2, 0.25) is 0 Å². The minimum Gasteiger partial charge on any atom is -0.306 e. The Hall–Kier alpha value is -1.12. The van der Waals surface area contributed by atoms with Crippen molar-refractivity contribution in [2.24, 2.45) is 0 Å². The van der Waals surface area contributed by atoms with E-state index in [0.29, 0.717) is 6.04 Å². The molecule has 0 fully saturated rings. The third kappa shape index (κ3) is 2.96. The van der Waals surface area contributed by atoms with Crippen LogP contribution in [0.3, 0.4) is 0 Å². The summed E-state index contributed by atoms with van der Waals surface area (Å²) in [6, 6.07) is 11.2. The fourth-order valence-corrected chi connectivity index (χ4v) is 3.06.